The highest BCUT2D eigenvalue weighted by atomic mass is 16.4. The van der Waals surface area contributed by atoms with Crippen molar-refractivity contribution in [3.8, 4) is 0 Å². The average Bonchev–Trinajstić information content (AvgIpc) is 1.71. The summed E-state index contributed by atoms with van der Waals surface area (Å²) in [7, 11) is 0. The fraction of sp³-hybridized carbons (Fsp3) is 0.333. The maximum absolute atomic E-state index is 13.6. The molecule has 21 heteroatoms. The minimum absolute atomic E-state index is 0.0765. The fourth-order valence-corrected chi connectivity index (χ4v) is 9.70. The standard InChI is InChI=1S/C36H43N5O5.C19H28O3.C17H17N5O3/c1-5-26(27-11-7-6-8-12-27)19-20-28(18-17-23(2)24(3)42)35(45)38-30-14-10-15-31(22-30)39-36(46)33(25(4)43)41-40-32-16-9-13-29(21-32)34(37)44;1-4-16(19(21)22)12-13-18(11-10-14(2)15(3)20)17-8-6-5-7-9-17;1-10(23)15(17(25)20-13-6-3-5-12(18)9-13)22-21-14-7-2-4-11(8-14)16(19)24/h6-16,21-23,26,28,43H,5,17-20H2,1-4H3,(H2,37,44)(H,38,45)(H,39,46);5-9,14,16,18H,4,10-13H2,1-3H3,(H,21,22);2-9,23H,18H2,1H3,(H2,19,24)(H,20,25). The van der Waals surface area contributed by atoms with Crippen molar-refractivity contribution in [1.29, 1.82) is 0 Å². The molecular formula is C72H88N10O11. The quantitative estimate of drug-likeness (QED) is 0.00849. The van der Waals surface area contributed by atoms with Gasteiger partial charge in [-0.3, -0.25) is 38.4 Å². The molecule has 12 N–H and O–H groups in total. The van der Waals surface area contributed by atoms with Gasteiger partial charge in [-0.05, 0) is 188 Å². The number of hydrogen-bond donors (Lipinski definition) is 9. The zero-order valence-electron chi connectivity index (χ0n) is 54.2. The van der Waals surface area contributed by atoms with Gasteiger partial charge in [0.05, 0.1) is 17.3 Å². The number of aliphatic hydroxyl groups is 2. The Bertz CT molecular complexity index is 3620. The van der Waals surface area contributed by atoms with Crippen LogP contribution in [0.4, 0.5) is 34.1 Å². The number of ketones is 2. The van der Waals surface area contributed by atoms with Crippen LogP contribution in [0.25, 0.3) is 0 Å². The van der Waals surface area contributed by atoms with Crippen LogP contribution in [0.5, 0.6) is 0 Å². The molecule has 93 heavy (non-hydrogen) atoms. The van der Waals surface area contributed by atoms with Crippen LogP contribution in [-0.2, 0) is 28.8 Å². The highest BCUT2D eigenvalue weighted by molar-refractivity contribution is 6.05. The molecule has 0 radical (unpaired) electrons. The maximum atomic E-state index is 13.6. The van der Waals surface area contributed by atoms with Crippen LogP contribution in [0, 0.1) is 23.7 Å². The largest absolute Gasteiger partial charge is 0.510 e. The molecule has 5 amide bonds. The Morgan fingerprint density at radius 2 is 0.839 bits per heavy atom. The minimum atomic E-state index is -0.721. The summed E-state index contributed by atoms with van der Waals surface area (Å²) < 4.78 is 0. The average molecular weight is 1270 g/mol. The van der Waals surface area contributed by atoms with Crippen LogP contribution in [0.3, 0.4) is 0 Å². The molecule has 0 saturated carbocycles. The molecule has 21 nitrogen and oxygen atoms in total. The molecule has 6 rings (SSSR count). The first kappa shape index (κ1) is 75.0. The van der Waals surface area contributed by atoms with Crippen molar-refractivity contribution in [1.82, 2.24) is 0 Å². The number of nitrogens with zero attached hydrogens (tertiary/aromatic N) is 4. The number of carbonyl (C=O) groups is 8. The number of nitrogens with one attached hydrogen (secondary N) is 3. The van der Waals surface area contributed by atoms with E-state index < -0.39 is 29.6 Å². The van der Waals surface area contributed by atoms with E-state index in [0.717, 1.165) is 32.1 Å². The van der Waals surface area contributed by atoms with Gasteiger partial charge in [-0.25, -0.2) is 0 Å². The Morgan fingerprint density at radius 3 is 1.27 bits per heavy atom. The lowest BCUT2D eigenvalue weighted by molar-refractivity contribution is -0.142. The molecule has 0 aromatic heterocycles. The number of amides is 5. The lowest BCUT2D eigenvalue weighted by Gasteiger charge is -2.22. The molecule has 0 aliphatic carbocycles. The van der Waals surface area contributed by atoms with Gasteiger partial charge < -0.3 is 48.5 Å². The number of aliphatic carboxylic acids is 1. The number of anilines is 4. The van der Waals surface area contributed by atoms with Crippen LogP contribution in [0.1, 0.15) is 163 Å². The summed E-state index contributed by atoms with van der Waals surface area (Å²) in [6, 6.07) is 45.9. The Hall–Kier alpha value is -10.4. The van der Waals surface area contributed by atoms with Crippen LogP contribution < -0.4 is 33.2 Å². The van der Waals surface area contributed by atoms with Gasteiger partial charge >= 0.3 is 5.97 Å². The van der Waals surface area contributed by atoms with Gasteiger partial charge in [-0.15, -0.1) is 10.2 Å². The van der Waals surface area contributed by atoms with Gasteiger partial charge in [0, 0.05) is 51.6 Å². The summed E-state index contributed by atoms with van der Waals surface area (Å²) in [5.41, 5.74) is 20.9. The number of nitrogens with two attached hydrogens (primary N) is 3. The van der Waals surface area contributed by atoms with Crippen LogP contribution in [-0.4, -0.2) is 62.4 Å². The Labute approximate surface area is 544 Å². The molecule has 0 bridgehead atoms. The van der Waals surface area contributed by atoms with E-state index in [1.165, 1.54) is 49.2 Å². The van der Waals surface area contributed by atoms with E-state index in [-0.39, 0.29) is 80.9 Å². The number of nitrogen functional groups attached to an aromatic ring is 1. The number of carboxylic acid groups (broad SMARTS) is 1. The second kappa shape index (κ2) is 39.0. The topological polar surface area (TPSA) is 361 Å². The van der Waals surface area contributed by atoms with Gasteiger partial charge in [0.1, 0.15) is 23.1 Å². The summed E-state index contributed by atoms with van der Waals surface area (Å²) in [6.45, 7) is 13.8. The van der Waals surface area contributed by atoms with Crippen molar-refractivity contribution in [2.45, 2.75) is 131 Å². The predicted molar refractivity (Wildman–Crippen MR) is 363 cm³/mol. The first-order valence-corrected chi connectivity index (χ1v) is 31.0. The summed E-state index contributed by atoms with van der Waals surface area (Å²) in [5.74, 6) is -3.79. The number of rotatable bonds is 31. The smallest absolute Gasteiger partial charge is 0.306 e. The molecule has 6 atom stereocenters. The number of Topliss-reactive ketones (excluding diaryl/α,β-unsaturated/α-hetero) is 2. The molecule has 0 spiro atoms. The van der Waals surface area contributed by atoms with E-state index in [1.54, 1.807) is 86.6 Å². The normalized spacial score (nSPS) is 13.5. The number of carboxylic acids is 1. The van der Waals surface area contributed by atoms with Crippen LogP contribution in [0.2, 0.25) is 0 Å². The van der Waals surface area contributed by atoms with Gasteiger partial charge in [-0.2, -0.15) is 10.2 Å². The van der Waals surface area contributed by atoms with Gasteiger partial charge in [0.25, 0.3) is 11.8 Å². The summed E-state index contributed by atoms with van der Waals surface area (Å²) in [5, 5.41) is 52.8. The van der Waals surface area contributed by atoms with E-state index in [2.05, 4.69) is 67.6 Å². The van der Waals surface area contributed by atoms with Crippen molar-refractivity contribution in [3.63, 3.8) is 0 Å². The van der Waals surface area contributed by atoms with E-state index >= 15 is 0 Å². The molecule has 0 aliphatic rings. The minimum Gasteiger partial charge on any atom is -0.510 e. The SMILES string of the molecule is CC(O)=C(N=Nc1cccc(C(N)=O)c1)C(=O)Nc1cccc(N)c1.CCC(CCC(CCC(C)C(C)=O)C(=O)Nc1cccc(NC(=O)C(N=Nc2cccc(C(N)=O)c2)=C(C)O)c1)c1ccccc1.CCC(CCC(CCC(C)C(C)=O)c1ccccc1)C(=O)O. The molecule has 0 heterocycles. The van der Waals surface area contributed by atoms with E-state index in [1.807, 2.05) is 57.2 Å². The number of azo groups is 2. The third-order valence-electron chi connectivity index (χ3n) is 15.7. The number of carbonyl (C=O) groups excluding carboxylic acids is 7. The van der Waals surface area contributed by atoms with E-state index in [0.29, 0.717) is 72.4 Å². The van der Waals surface area contributed by atoms with Gasteiger partial charge in [0.2, 0.25) is 17.7 Å². The molecule has 0 fully saturated rings. The van der Waals surface area contributed by atoms with E-state index in [9.17, 15) is 53.7 Å². The third-order valence-corrected chi connectivity index (χ3v) is 15.7. The maximum Gasteiger partial charge on any atom is 0.306 e. The molecule has 0 aliphatic heterocycles. The zero-order chi connectivity index (χ0) is 68.6. The second-order valence-corrected chi connectivity index (χ2v) is 22.8. The summed E-state index contributed by atoms with van der Waals surface area (Å²) in [6.07, 6.45) is 7.65. The second-order valence-electron chi connectivity index (χ2n) is 22.8. The summed E-state index contributed by atoms with van der Waals surface area (Å²) in [4.78, 5) is 96.0. The number of allylic oxidation sites excluding steroid dienone is 2. The first-order valence-electron chi connectivity index (χ1n) is 31.0. The van der Waals surface area contributed by atoms with Gasteiger partial charge in [-0.1, -0.05) is 113 Å². The van der Waals surface area contributed by atoms with Crippen molar-refractivity contribution in [2.24, 2.45) is 55.6 Å². The van der Waals surface area contributed by atoms with Gasteiger partial charge in [0.15, 0.2) is 11.4 Å². The lowest BCUT2D eigenvalue weighted by atomic mass is 9.84. The zero-order valence-corrected chi connectivity index (χ0v) is 54.2. The number of aliphatic hydroxyl groups excluding tert-OH is 2. The lowest BCUT2D eigenvalue weighted by Crippen LogP contribution is -2.25. The molecule has 6 aromatic carbocycles. The monoisotopic (exact) mass is 1270 g/mol. The van der Waals surface area contributed by atoms with Crippen molar-refractivity contribution in [3.05, 3.63) is 203 Å². The van der Waals surface area contributed by atoms with Crippen molar-refractivity contribution >= 4 is 81.2 Å². The van der Waals surface area contributed by atoms with E-state index in [4.69, 9.17) is 17.2 Å². The molecule has 492 valence electrons. The third kappa shape index (κ3) is 26.5. The number of benzene rings is 6. The predicted octanol–water partition coefficient (Wildman–Crippen LogP) is 15.4. The Kier molecular flexibility index (Phi) is 31.4. The van der Waals surface area contributed by atoms with Crippen molar-refractivity contribution < 1.29 is 53.7 Å². The molecule has 6 aromatic rings. The highest BCUT2D eigenvalue weighted by Crippen LogP contribution is 2.32. The summed E-state index contributed by atoms with van der Waals surface area (Å²) >= 11 is 0. The highest BCUT2D eigenvalue weighted by Gasteiger charge is 2.25. The Balaban J connectivity index is 0.000000329. The van der Waals surface area contributed by atoms with Crippen LogP contribution in [0.15, 0.2) is 201 Å². The molecule has 0 saturated heterocycles. The molecular weight excluding hydrogens is 1180 g/mol. The van der Waals surface area contributed by atoms with Crippen LogP contribution >= 0.6 is 0 Å². The number of hydrogen-bond acceptors (Lipinski definition) is 15. The van der Waals surface area contributed by atoms with Crippen molar-refractivity contribution in [2.75, 3.05) is 21.7 Å². The number of primary amides is 2. The Morgan fingerprint density at radius 1 is 0.441 bits per heavy atom. The fourth-order valence-electron chi connectivity index (χ4n) is 9.70. The molecule has 6 unspecified atom stereocenters. The first-order chi connectivity index (χ1) is 44.3.